The fourth-order valence-corrected chi connectivity index (χ4v) is 3.86. The van der Waals surface area contributed by atoms with Crippen LogP contribution in [0.25, 0.3) is 0 Å². The number of hydrazine groups is 1. The molecule has 120 valence electrons. The minimum Gasteiger partial charge on any atom is -0.354 e. The van der Waals surface area contributed by atoms with Crippen LogP contribution in [0.4, 0.5) is 5.82 Å². The third kappa shape index (κ3) is 2.28. The fraction of sp³-hybridized carbons (Fsp3) is 0.333. The summed E-state index contributed by atoms with van der Waals surface area (Å²) in [6, 6.07) is 7.63. The van der Waals surface area contributed by atoms with Crippen LogP contribution in [-0.2, 0) is 0 Å². The first-order valence-corrected chi connectivity index (χ1v) is 7.82. The summed E-state index contributed by atoms with van der Waals surface area (Å²) in [5.74, 6) is 0.356. The Morgan fingerprint density at radius 2 is 1.96 bits per heavy atom. The molecule has 1 aromatic carbocycles. The molecule has 0 aliphatic carbocycles. The van der Waals surface area contributed by atoms with Crippen molar-refractivity contribution in [3.63, 3.8) is 0 Å². The Bertz CT molecular complexity index is 877. The quantitative estimate of drug-likeness (QED) is 0.529. The first kappa shape index (κ1) is 14.5. The molecular formula is C15H16ClN5O2. The summed E-state index contributed by atoms with van der Waals surface area (Å²) in [6.45, 7) is 2.06. The minimum atomic E-state index is -0.524. The van der Waals surface area contributed by atoms with Gasteiger partial charge in [0.2, 0.25) is 0 Å². The predicted molar refractivity (Wildman–Crippen MR) is 87.6 cm³/mol. The van der Waals surface area contributed by atoms with Gasteiger partial charge in [0.25, 0.3) is 5.56 Å². The van der Waals surface area contributed by atoms with E-state index >= 15 is 0 Å². The molecule has 1 aromatic heterocycles. The largest absolute Gasteiger partial charge is 0.354 e. The van der Waals surface area contributed by atoms with Crippen LogP contribution in [0, 0.1) is 5.92 Å². The predicted octanol–water partition coefficient (Wildman–Crippen LogP) is 0.713. The molecule has 0 saturated carbocycles. The number of hydrogen-bond donors (Lipinski definition) is 5. The molecule has 4 rings (SSSR count). The maximum absolute atomic E-state index is 12.5. The van der Waals surface area contributed by atoms with E-state index in [1.54, 1.807) is 6.07 Å². The van der Waals surface area contributed by atoms with E-state index in [4.69, 9.17) is 11.6 Å². The lowest BCUT2D eigenvalue weighted by Gasteiger charge is -2.36. The molecule has 2 aromatic rings. The molecule has 2 aliphatic heterocycles. The highest BCUT2D eigenvalue weighted by molar-refractivity contribution is 6.30. The Labute approximate surface area is 136 Å². The molecule has 4 atom stereocenters. The first-order chi connectivity index (χ1) is 11.0. The van der Waals surface area contributed by atoms with E-state index < -0.39 is 5.69 Å². The Hall–Kier alpha value is -2.09. The van der Waals surface area contributed by atoms with Gasteiger partial charge in [0.1, 0.15) is 5.82 Å². The zero-order valence-corrected chi connectivity index (χ0v) is 13.1. The van der Waals surface area contributed by atoms with Crippen molar-refractivity contribution in [2.45, 2.75) is 25.0 Å². The van der Waals surface area contributed by atoms with Crippen molar-refractivity contribution in [1.82, 2.24) is 20.8 Å². The van der Waals surface area contributed by atoms with E-state index in [9.17, 15) is 9.59 Å². The van der Waals surface area contributed by atoms with Crippen LogP contribution in [0.3, 0.4) is 0 Å². The lowest BCUT2D eigenvalue weighted by Crippen LogP contribution is -2.47. The molecule has 0 amide bonds. The number of fused-ring (bicyclic) bond motifs is 2. The number of aromatic amines is 2. The summed E-state index contributed by atoms with van der Waals surface area (Å²) >= 11 is 6.14. The normalized spacial score (nSPS) is 28.8. The Balaban J connectivity index is 1.97. The maximum Gasteiger partial charge on any atom is 0.327 e. The third-order valence-corrected chi connectivity index (χ3v) is 4.85. The monoisotopic (exact) mass is 333 g/mol. The summed E-state index contributed by atoms with van der Waals surface area (Å²) in [5, 5.41) is 3.82. The molecule has 8 heteroatoms. The van der Waals surface area contributed by atoms with Gasteiger partial charge in [-0.3, -0.25) is 20.2 Å². The first-order valence-electron chi connectivity index (χ1n) is 7.44. The molecule has 23 heavy (non-hydrogen) atoms. The van der Waals surface area contributed by atoms with E-state index in [1.165, 1.54) is 0 Å². The Morgan fingerprint density at radius 3 is 2.74 bits per heavy atom. The lowest BCUT2D eigenvalue weighted by molar-refractivity contribution is 0.386. The molecule has 7 nitrogen and oxygen atoms in total. The van der Waals surface area contributed by atoms with Gasteiger partial charge >= 0.3 is 5.69 Å². The van der Waals surface area contributed by atoms with Gasteiger partial charge in [0.05, 0.1) is 11.7 Å². The highest BCUT2D eigenvalue weighted by atomic mass is 35.5. The van der Waals surface area contributed by atoms with Crippen molar-refractivity contribution < 1.29 is 0 Å². The van der Waals surface area contributed by atoms with Gasteiger partial charge in [0, 0.05) is 22.9 Å². The van der Waals surface area contributed by atoms with Gasteiger partial charge < -0.3 is 5.32 Å². The van der Waals surface area contributed by atoms with E-state index in [0.717, 1.165) is 5.56 Å². The molecule has 0 spiro atoms. The lowest BCUT2D eigenvalue weighted by atomic mass is 9.75. The van der Waals surface area contributed by atoms with Crippen LogP contribution in [0.1, 0.15) is 24.0 Å². The van der Waals surface area contributed by atoms with Crippen LogP contribution in [-0.4, -0.2) is 22.2 Å². The van der Waals surface area contributed by atoms with E-state index in [0.29, 0.717) is 16.4 Å². The van der Waals surface area contributed by atoms with Crippen LogP contribution < -0.4 is 27.4 Å². The second-order valence-electron chi connectivity index (χ2n) is 6.01. The van der Waals surface area contributed by atoms with Crippen molar-refractivity contribution in [3.8, 4) is 0 Å². The van der Waals surface area contributed by atoms with Crippen LogP contribution in [0.2, 0.25) is 5.02 Å². The summed E-state index contributed by atoms with van der Waals surface area (Å²) < 4.78 is 0. The summed E-state index contributed by atoms with van der Waals surface area (Å²) in [4.78, 5) is 29.1. The van der Waals surface area contributed by atoms with Gasteiger partial charge in [-0.1, -0.05) is 23.7 Å². The summed E-state index contributed by atoms with van der Waals surface area (Å²) in [7, 11) is 0. The van der Waals surface area contributed by atoms with Gasteiger partial charge in [-0.25, -0.2) is 10.2 Å². The van der Waals surface area contributed by atoms with Gasteiger partial charge in [-0.05, 0) is 24.6 Å². The molecule has 2 aliphatic rings. The third-order valence-electron chi connectivity index (χ3n) is 4.61. The molecule has 1 saturated heterocycles. The highest BCUT2D eigenvalue weighted by Gasteiger charge is 2.46. The number of H-pyrrole nitrogens is 2. The number of aromatic nitrogens is 2. The van der Waals surface area contributed by atoms with Crippen molar-refractivity contribution in [1.29, 1.82) is 0 Å². The van der Waals surface area contributed by atoms with Crippen LogP contribution in [0.15, 0.2) is 33.9 Å². The van der Waals surface area contributed by atoms with E-state index in [-0.39, 0.29) is 29.6 Å². The molecular weight excluding hydrogens is 318 g/mol. The average molecular weight is 334 g/mol. The topological polar surface area (TPSA) is 102 Å². The number of hydrogen-bond acceptors (Lipinski definition) is 5. The highest BCUT2D eigenvalue weighted by Crippen LogP contribution is 2.42. The SMILES string of the molecule is CC1NNC2Nc3[nH]c(=O)[nH]c(=O)c3C(c3cccc(Cl)c3)C12. The summed E-state index contributed by atoms with van der Waals surface area (Å²) in [5.41, 5.74) is 6.95. The molecule has 3 heterocycles. The second-order valence-corrected chi connectivity index (χ2v) is 6.44. The molecule has 0 radical (unpaired) electrons. The van der Waals surface area contributed by atoms with Crippen LogP contribution in [0.5, 0.6) is 0 Å². The zero-order chi connectivity index (χ0) is 16.1. The van der Waals surface area contributed by atoms with Crippen molar-refractivity contribution in [2.24, 2.45) is 5.92 Å². The van der Waals surface area contributed by atoms with Gasteiger partial charge in [-0.2, -0.15) is 0 Å². The molecule has 0 bridgehead atoms. The fourth-order valence-electron chi connectivity index (χ4n) is 3.66. The van der Waals surface area contributed by atoms with E-state index in [1.807, 2.05) is 18.2 Å². The minimum absolute atomic E-state index is 0.0907. The number of anilines is 1. The van der Waals surface area contributed by atoms with Crippen molar-refractivity contribution >= 4 is 17.4 Å². The molecule has 1 fully saturated rings. The standard InChI is InChI=1S/C15H16ClN5O2/c1-6-9-10(7-3-2-4-8(16)5-7)11-12(17-13(9)21-20-6)18-15(23)19-14(11)22/h2-6,9-10,13,20-21H,1H3,(H3,17,18,19,22,23). The Kier molecular flexibility index (Phi) is 3.29. The maximum atomic E-state index is 12.5. The summed E-state index contributed by atoms with van der Waals surface area (Å²) in [6.07, 6.45) is -0.0982. The second kappa shape index (κ2) is 5.23. The number of rotatable bonds is 1. The Morgan fingerprint density at radius 1 is 1.13 bits per heavy atom. The van der Waals surface area contributed by atoms with Gasteiger partial charge in [0.15, 0.2) is 0 Å². The molecule has 4 unspecified atom stereocenters. The number of halogens is 1. The molecule has 5 N–H and O–H groups in total. The smallest absolute Gasteiger partial charge is 0.327 e. The number of nitrogens with one attached hydrogen (secondary N) is 5. The van der Waals surface area contributed by atoms with Crippen molar-refractivity contribution in [2.75, 3.05) is 5.32 Å². The average Bonchev–Trinajstić information content (AvgIpc) is 2.86. The van der Waals surface area contributed by atoms with Crippen LogP contribution >= 0.6 is 11.6 Å². The number of benzene rings is 1. The van der Waals surface area contributed by atoms with Gasteiger partial charge in [-0.15, -0.1) is 0 Å². The zero-order valence-electron chi connectivity index (χ0n) is 12.3. The van der Waals surface area contributed by atoms with Crippen molar-refractivity contribution in [3.05, 3.63) is 61.3 Å². The van der Waals surface area contributed by atoms with E-state index in [2.05, 4.69) is 33.1 Å².